The summed E-state index contributed by atoms with van der Waals surface area (Å²) >= 11 is 3.47. The first-order valence-corrected chi connectivity index (χ1v) is 48.3. The average molecular weight is 2700 g/mol. The number of nitrogens with zero attached hydrogens (tertiary/aromatic N) is 16. The Morgan fingerprint density at radius 2 is 0.676 bits per heavy atom. The standard InChI is InChI=1S/C32H20N4O2.C31H27N4OS.C30H24N4O2.C27H19N4OS.4Pt/c1-2-9-23(10-3-1)24-21-34-35(22-24)25-11-8-12-26(19-25)37-27-16-17-31-29(20-27)36(32-15-6-7-18-33-32)28-13-4-5-14-30(28)38-31;1-31(2,3)22-14-15-32-30(18-22)35-26-10-5-6-11-28(26)37-29-13-12-25(20-27(29)35)36-24-9-7-8-23(19-24)34-17-16-33(4)21-34;1-30(2,3)21-14-16-31-29(18-21)34-25-10-4-5-11-27(25)36-28-13-12-24(20-26(28)34)35-23-9-6-8-22(19-23)33-17-7-15-32-33;1-29-15-16-30(19-29)20-7-6-8-21(17-20)32-22-12-13-26-24(18-22)31(27-11-4-5-14-28-27)23-9-2-3-10-25(23)33-26;;;;/h1-18,21-22H;5-18,21H,1-4H3;4-18H,1-3H3;2-16,19H,1H3;;;;/q-2;-3;-2;-3;;;2*+2. The second-order valence-electron chi connectivity index (χ2n) is 35.9. The van der Waals surface area contributed by atoms with E-state index < -0.39 is 0 Å². The number of pyridine rings is 4. The fourth-order valence-corrected chi connectivity index (χ4v) is 18.7. The number of hydrogen-bond donors (Lipinski definition) is 0. The number of rotatable bonds is 17. The molecule has 148 heavy (non-hydrogen) atoms. The Morgan fingerprint density at radius 1 is 0.297 bits per heavy atom. The summed E-state index contributed by atoms with van der Waals surface area (Å²) in [5, 5.41) is 8.80. The zero-order valence-electron chi connectivity index (χ0n) is 80.8. The molecule has 0 spiro atoms. The zero-order valence-corrected chi connectivity index (χ0v) is 91.5. The Labute approximate surface area is 927 Å². The summed E-state index contributed by atoms with van der Waals surface area (Å²) in [5.74, 6) is 10.8. The molecule has 0 amide bonds. The van der Waals surface area contributed by atoms with Crippen LogP contribution in [0.4, 0.5) is 80.1 Å². The van der Waals surface area contributed by atoms with Crippen molar-refractivity contribution in [1.29, 1.82) is 0 Å². The first kappa shape index (κ1) is 103. The van der Waals surface area contributed by atoms with Crippen LogP contribution >= 0.6 is 23.5 Å². The molecule has 28 heteroatoms. The van der Waals surface area contributed by atoms with Gasteiger partial charge in [0.1, 0.15) is 34.8 Å². The van der Waals surface area contributed by atoms with Crippen molar-refractivity contribution in [3.05, 3.63) is 463 Å². The molecule has 6 aliphatic rings. The third-order valence-electron chi connectivity index (χ3n) is 23.8. The van der Waals surface area contributed by atoms with Gasteiger partial charge in [-0.15, -0.1) is 145 Å². The van der Waals surface area contributed by atoms with Gasteiger partial charge in [-0.25, -0.2) is 19.9 Å². The van der Waals surface area contributed by atoms with E-state index in [9.17, 15) is 0 Å². The Kier molecular flexibility index (Phi) is 31.7. The first-order chi connectivity index (χ1) is 70.4. The molecule has 0 atom stereocenters. The summed E-state index contributed by atoms with van der Waals surface area (Å²) in [6.45, 7) is 17.2. The number of hydrogen-bond acceptors (Lipinski definition) is 22. The van der Waals surface area contributed by atoms with Gasteiger partial charge >= 0.3 is 42.1 Å². The number of benzene rings is 13. The third-order valence-corrected chi connectivity index (χ3v) is 26.0. The summed E-state index contributed by atoms with van der Waals surface area (Å²) in [5.41, 5.74) is 15.2. The predicted molar refractivity (Wildman–Crippen MR) is 565 cm³/mol. The summed E-state index contributed by atoms with van der Waals surface area (Å²) in [6, 6.07) is 131. The largest absolute Gasteiger partial charge is 2.00 e. The molecule has 0 radical (unpaired) electrons. The second-order valence-corrected chi connectivity index (χ2v) is 38.1. The van der Waals surface area contributed by atoms with Crippen LogP contribution in [0.25, 0.3) is 22.5 Å². The van der Waals surface area contributed by atoms with Crippen LogP contribution in [0.1, 0.15) is 52.7 Å². The molecule has 6 aliphatic heterocycles. The number of ether oxygens (including phenoxy) is 6. The van der Waals surface area contributed by atoms with Gasteiger partial charge in [-0.3, -0.25) is 9.36 Å². The van der Waals surface area contributed by atoms with Gasteiger partial charge in [0.25, 0.3) is 0 Å². The normalized spacial score (nSPS) is 12.9. The molecule has 0 fully saturated rings. The minimum atomic E-state index is -0.0174. The van der Waals surface area contributed by atoms with Crippen LogP contribution in [0.15, 0.2) is 409 Å². The molecular formula is C120H90N16O6Pt4S2-6. The van der Waals surface area contributed by atoms with E-state index in [4.69, 9.17) is 38.4 Å². The predicted octanol–water partition coefficient (Wildman–Crippen LogP) is 30.2. The molecule has 19 aromatic rings. The monoisotopic (exact) mass is 2690 g/mol. The van der Waals surface area contributed by atoms with Crippen molar-refractivity contribution in [3.8, 4) is 91.5 Å². The van der Waals surface area contributed by atoms with Crippen molar-refractivity contribution in [1.82, 2.24) is 49.3 Å². The second kappa shape index (κ2) is 45.6. The molecule has 22 nitrogen and oxygen atoms in total. The number of anilines is 14. The van der Waals surface area contributed by atoms with E-state index in [0.717, 1.165) is 124 Å². The SMILES string of the molecule is CC(C)(C)c1ccnc(N2c3[c-]c(Oc4[c-]c(-n5cccn5)ccc4)ccc3Oc3ccccc32)c1.CN1C=CN(c2[c-]c(Oc3[c-]c4c(cc3)Sc3ccccc3N4c3cc(C(C)(C)C)ccn3)ccc2)[CH-]1.CN1C=CN(c2[c-]c(Oc3[c-]c4c(cc3)Sc3ccccc3N4c3ccccn3)ccc2)[CH-]1.[Pt+2].[Pt+2].[Pt].[Pt].[c-]1c(Oc2[c-]c3c(cc2)Oc2ccccc2N3c2ccccn2)cccc1-n1cc(-c2ccccc2)cn1. The van der Waals surface area contributed by atoms with Gasteiger partial charge in [-0.1, -0.05) is 142 Å². The van der Waals surface area contributed by atoms with Crippen molar-refractivity contribution in [2.45, 2.75) is 72.0 Å². The summed E-state index contributed by atoms with van der Waals surface area (Å²) < 4.78 is 40.8. The Hall–Kier alpha value is -15.0. The molecule has 0 aliphatic carbocycles. The molecule has 0 N–H and O–H groups in total. The number of aromatic nitrogens is 8. The van der Waals surface area contributed by atoms with E-state index in [0.29, 0.717) is 57.5 Å². The van der Waals surface area contributed by atoms with E-state index in [2.05, 4.69) is 216 Å². The van der Waals surface area contributed by atoms with Crippen LogP contribution in [0, 0.1) is 61.9 Å². The van der Waals surface area contributed by atoms with E-state index in [1.54, 1.807) is 51.5 Å². The maximum atomic E-state index is 6.28. The summed E-state index contributed by atoms with van der Waals surface area (Å²) in [7, 11) is 3.98. The maximum Gasteiger partial charge on any atom is 2.00 e. The molecule has 12 heterocycles. The maximum absolute atomic E-state index is 6.28. The quantitative estimate of drug-likeness (QED) is 0.0788. The van der Waals surface area contributed by atoms with Crippen LogP contribution in [0.2, 0.25) is 0 Å². The summed E-state index contributed by atoms with van der Waals surface area (Å²) in [6.07, 6.45) is 22.7. The topological polar surface area (TPSA) is 168 Å². The molecular weight excluding hydrogens is 2610 g/mol. The molecule has 6 aromatic heterocycles. The number of fused-ring (bicyclic) bond motifs is 8. The zero-order chi connectivity index (χ0) is 97.8. The summed E-state index contributed by atoms with van der Waals surface area (Å²) in [4.78, 5) is 39.6. The van der Waals surface area contributed by atoms with Crippen LogP contribution in [0.3, 0.4) is 0 Å². The van der Waals surface area contributed by atoms with E-state index in [-0.39, 0.29) is 95.1 Å². The van der Waals surface area contributed by atoms with Crippen molar-refractivity contribution >= 4 is 104 Å². The molecule has 744 valence electrons. The van der Waals surface area contributed by atoms with Gasteiger partial charge in [0, 0.05) is 158 Å². The van der Waals surface area contributed by atoms with E-state index in [1.165, 1.54) is 20.9 Å². The number of para-hydroxylation sites is 6. The van der Waals surface area contributed by atoms with Crippen molar-refractivity contribution in [3.63, 3.8) is 0 Å². The van der Waals surface area contributed by atoms with Gasteiger partial charge in [-0.05, 0) is 204 Å². The minimum absolute atomic E-state index is 0. The fraction of sp³-hybridized carbons (Fsp3) is 0.0833. The molecule has 0 saturated carbocycles. The fourth-order valence-electron chi connectivity index (χ4n) is 16.7. The van der Waals surface area contributed by atoms with E-state index >= 15 is 0 Å². The van der Waals surface area contributed by atoms with Gasteiger partial charge in [0.05, 0.1) is 28.9 Å². The first-order valence-electron chi connectivity index (χ1n) is 46.6. The van der Waals surface area contributed by atoms with Crippen LogP contribution in [0.5, 0.6) is 69.0 Å². The van der Waals surface area contributed by atoms with Crippen LogP contribution in [-0.4, -0.2) is 63.4 Å². The van der Waals surface area contributed by atoms with Crippen molar-refractivity contribution in [2.24, 2.45) is 0 Å². The minimum Gasteiger partial charge on any atom is -0.513 e. The average Bonchev–Trinajstić information content (AvgIpc) is 1.33. The van der Waals surface area contributed by atoms with Crippen molar-refractivity contribution in [2.75, 3.05) is 43.5 Å². The van der Waals surface area contributed by atoms with Crippen molar-refractivity contribution < 1.29 is 113 Å². The van der Waals surface area contributed by atoms with Gasteiger partial charge in [0.15, 0.2) is 0 Å². The molecule has 25 rings (SSSR count). The van der Waals surface area contributed by atoms with Crippen LogP contribution < -0.4 is 57.8 Å². The molecule has 0 bridgehead atoms. The van der Waals surface area contributed by atoms with Gasteiger partial charge in [-0.2, -0.15) is 83.5 Å². The third kappa shape index (κ3) is 22.9. The smallest absolute Gasteiger partial charge is 0.513 e. The molecule has 0 saturated heterocycles. The van der Waals surface area contributed by atoms with Gasteiger partial charge in [0.2, 0.25) is 0 Å². The van der Waals surface area contributed by atoms with E-state index in [1.807, 2.05) is 332 Å². The Balaban J connectivity index is 0.000000128. The van der Waals surface area contributed by atoms with Crippen LogP contribution in [-0.2, 0) is 95.1 Å². The van der Waals surface area contributed by atoms with Gasteiger partial charge < -0.3 is 67.6 Å². The Bertz CT molecular complexity index is 7980. The molecule has 0 unspecified atom stereocenters. The Morgan fingerprint density at radius 3 is 1.11 bits per heavy atom. The molecule has 13 aromatic carbocycles.